The summed E-state index contributed by atoms with van der Waals surface area (Å²) in [6, 6.07) is 9.26. The number of likely N-dealkylation sites (tertiary alicyclic amines) is 1. The highest BCUT2D eigenvalue weighted by Crippen LogP contribution is 2.46. The number of rotatable bonds is 3. The second-order valence-electron chi connectivity index (χ2n) is 8.47. The van der Waals surface area contributed by atoms with E-state index in [1.54, 1.807) is 14.1 Å². The highest BCUT2D eigenvalue weighted by molar-refractivity contribution is 5.84. The first-order chi connectivity index (χ1) is 13.0. The number of piperidine rings is 3. The largest absolute Gasteiger partial charge is 0.336 e. The third-order valence-electron chi connectivity index (χ3n) is 6.62. The molecule has 6 nitrogen and oxygen atoms in total. The van der Waals surface area contributed by atoms with E-state index in [-0.39, 0.29) is 24.5 Å². The first-order valence-corrected chi connectivity index (χ1v) is 10.0. The molecule has 1 aromatic carbocycles. The minimum atomic E-state index is -0.219. The molecule has 4 aliphatic rings. The van der Waals surface area contributed by atoms with E-state index in [1.807, 2.05) is 0 Å². The number of urea groups is 1. The van der Waals surface area contributed by atoms with E-state index in [0.717, 1.165) is 19.6 Å². The van der Waals surface area contributed by atoms with Gasteiger partial charge in [-0.25, -0.2) is 4.79 Å². The first kappa shape index (κ1) is 18.3. The number of hydrogen-bond donors (Lipinski definition) is 1. The predicted molar refractivity (Wildman–Crippen MR) is 105 cm³/mol. The summed E-state index contributed by atoms with van der Waals surface area (Å²) in [5.74, 6) is 0.986. The summed E-state index contributed by atoms with van der Waals surface area (Å²) in [5, 5.41) is 2.74. The molecule has 0 aliphatic carbocycles. The molecule has 1 aromatic rings. The lowest BCUT2D eigenvalue weighted by atomic mass is 9.75. The second-order valence-corrected chi connectivity index (χ2v) is 8.47. The Bertz CT molecular complexity index is 709. The highest BCUT2D eigenvalue weighted by atomic mass is 16.2. The molecule has 2 bridgehead atoms. The first-order valence-electron chi connectivity index (χ1n) is 10.0. The van der Waals surface area contributed by atoms with Gasteiger partial charge in [-0.2, -0.15) is 0 Å². The SMILES string of the molecule is Cc1ccc([C@H]2CN(C(=O)CNC(=O)N(C)C)[C@H]3C4CCN(CC4)[C@@H]23)cc1. The lowest BCUT2D eigenvalue weighted by Gasteiger charge is -2.51. The third-order valence-corrected chi connectivity index (χ3v) is 6.62. The molecule has 4 saturated heterocycles. The molecule has 3 atom stereocenters. The molecule has 4 aliphatic heterocycles. The normalized spacial score (nSPS) is 31.5. The van der Waals surface area contributed by atoms with Crippen molar-refractivity contribution in [1.29, 1.82) is 0 Å². The third kappa shape index (κ3) is 3.31. The molecule has 27 heavy (non-hydrogen) atoms. The van der Waals surface area contributed by atoms with Gasteiger partial charge in [-0.1, -0.05) is 29.8 Å². The van der Waals surface area contributed by atoms with Crippen molar-refractivity contribution in [2.24, 2.45) is 5.92 Å². The van der Waals surface area contributed by atoms with Gasteiger partial charge in [0.15, 0.2) is 0 Å². The minimum absolute atomic E-state index is 0.0450. The van der Waals surface area contributed by atoms with Crippen LogP contribution in [0, 0.1) is 12.8 Å². The summed E-state index contributed by atoms with van der Waals surface area (Å²) in [6.45, 7) is 5.23. The average molecular weight is 370 g/mol. The summed E-state index contributed by atoms with van der Waals surface area (Å²) in [5.41, 5.74) is 2.59. The van der Waals surface area contributed by atoms with Crippen LogP contribution in [-0.4, -0.2) is 79.0 Å². The molecule has 5 rings (SSSR count). The molecule has 3 amide bonds. The maximum Gasteiger partial charge on any atom is 0.317 e. The zero-order valence-electron chi connectivity index (χ0n) is 16.5. The molecule has 0 saturated carbocycles. The number of nitrogens with zero attached hydrogens (tertiary/aromatic N) is 3. The monoisotopic (exact) mass is 370 g/mol. The van der Waals surface area contributed by atoms with E-state index >= 15 is 0 Å². The Morgan fingerprint density at radius 2 is 1.78 bits per heavy atom. The number of benzene rings is 1. The quantitative estimate of drug-likeness (QED) is 0.880. The van der Waals surface area contributed by atoms with Crippen LogP contribution in [0.2, 0.25) is 0 Å². The minimum Gasteiger partial charge on any atom is -0.336 e. The molecule has 0 aromatic heterocycles. The fraction of sp³-hybridized carbons (Fsp3) is 0.619. The zero-order valence-corrected chi connectivity index (χ0v) is 16.5. The van der Waals surface area contributed by atoms with Crippen molar-refractivity contribution in [3.05, 3.63) is 35.4 Å². The molecule has 6 heteroatoms. The number of carbonyl (C=O) groups is 2. The van der Waals surface area contributed by atoms with E-state index in [9.17, 15) is 9.59 Å². The summed E-state index contributed by atoms with van der Waals surface area (Å²) in [6.07, 6.45) is 2.35. The van der Waals surface area contributed by atoms with Crippen molar-refractivity contribution < 1.29 is 9.59 Å². The average Bonchev–Trinajstić information content (AvgIpc) is 3.10. The van der Waals surface area contributed by atoms with Gasteiger partial charge in [-0.3, -0.25) is 9.69 Å². The topological polar surface area (TPSA) is 55.9 Å². The van der Waals surface area contributed by atoms with Crippen LogP contribution in [-0.2, 0) is 4.79 Å². The summed E-state index contributed by atoms with van der Waals surface area (Å²) >= 11 is 0. The van der Waals surface area contributed by atoms with Crippen molar-refractivity contribution in [2.45, 2.75) is 37.8 Å². The number of nitrogens with one attached hydrogen (secondary N) is 1. The second kappa shape index (κ2) is 7.15. The Balaban J connectivity index is 1.56. The van der Waals surface area contributed by atoms with Crippen LogP contribution in [0.15, 0.2) is 24.3 Å². The maximum atomic E-state index is 13.0. The Labute approximate surface area is 161 Å². The van der Waals surface area contributed by atoms with Gasteiger partial charge >= 0.3 is 6.03 Å². The summed E-state index contributed by atoms with van der Waals surface area (Å²) in [7, 11) is 3.37. The molecular weight excluding hydrogens is 340 g/mol. The van der Waals surface area contributed by atoms with Crippen molar-refractivity contribution in [3.63, 3.8) is 0 Å². The van der Waals surface area contributed by atoms with Gasteiger partial charge in [0.1, 0.15) is 0 Å². The molecule has 0 spiro atoms. The Morgan fingerprint density at radius 1 is 1.11 bits per heavy atom. The van der Waals surface area contributed by atoms with Crippen LogP contribution in [0.3, 0.4) is 0 Å². The van der Waals surface area contributed by atoms with Gasteiger partial charge in [0.2, 0.25) is 5.91 Å². The number of hydrogen-bond acceptors (Lipinski definition) is 3. The molecule has 146 valence electrons. The van der Waals surface area contributed by atoms with E-state index in [4.69, 9.17) is 0 Å². The molecule has 4 heterocycles. The van der Waals surface area contributed by atoms with E-state index < -0.39 is 0 Å². The van der Waals surface area contributed by atoms with Crippen molar-refractivity contribution in [2.75, 3.05) is 40.3 Å². The van der Waals surface area contributed by atoms with Gasteiger partial charge in [0.05, 0.1) is 12.6 Å². The Hall–Kier alpha value is -2.08. The summed E-state index contributed by atoms with van der Waals surface area (Å²) in [4.78, 5) is 31.0. The van der Waals surface area contributed by atoms with Gasteiger partial charge in [0.25, 0.3) is 0 Å². The fourth-order valence-electron chi connectivity index (χ4n) is 5.22. The van der Waals surface area contributed by atoms with Crippen LogP contribution >= 0.6 is 0 Å². The van der Waals surface area contributed by atoms with Crippen LogP contribution in [0.4, 0.5) is 4.79 Å². The van der Waals surface area contributed by atoms with Crippen LogP contribution < -0.4 is 5.32 Å². The number of carbonyl (C=O) groups excluding carboxylic acids is 2. The van der Waals surface area contributed by atoms with Gasteiger partial charge in [0, 0.05) is 32.6 Å². The van der Waals surface area contributed by atoms with Crippen LogP contribution in [0.5, 0.6) is 0 Å². The van der Waals surface area contributed by atoms with Gasteiger partial charge < -0.3 is 15.1 Å². The summed E-state index contributed by atoms with van der Waals surface area (Å²) < 4.78 is 0. The highest BCUT2D eigenvalue weighted by Gasteiger charge is 2.54. The van der Waals surface area contributed by atoms with Gasteiger partial charge in [-0.15, -0.1) is 0 Å². The lowest BCUT2D eigenvalue weighted by Crippen LogP contribution is -2.61. The Kier molecular flexibility index (Phi) is 4.84. The number of fused-ring (bicyclic) bond motifs is 2. The van der Waals surface area contributed by atoms with E-state index in [0.29, 0.717) is 17.9 Å². The predicted octanol–water partition coefficient (Wildman–Crippen LogP) is 1.65. The Morgan fingerprint density at radius 3 is 2.41 bits per heavy atom. The maximum absolute atomic E-state index is 13.0. The molecule has 1 N–H and O–H groups in total. The number of aryl methyl sites for hydroxylation is 1. The van der Waals surface area contributed by atoms with Crippen LogP contribution in [0.25, 0.3) is 0 Å². The molecule has 0 radical (unpaired) electrons. The van der Waals surface area contributed by atoms with E-state index in [2.05, 4.69) is 46.3 Å². The molecular formula is C21H30N4O2. The van der Waals surface area contributed by atoms with Crippen molar-refractivity contribution in [3.8, 4) is 0 Å². The van der Waals surface area contributed by atoms with E-state index in [1.165, 1.54) is 28.9 Å². The molecule has 4 fully saturated rings. The lowest BCUT2D eigenvalue weighted by molar-refractivity contribution is -0.134. The standard InChI is InChI=1S/C21H30N4O2/c1-14-4-6-15(7-5-14)17-13-25(18(26)12-22-21(27)23(2)3)19-16-8-10-24(11-9-16)20(17)19/h4-7,16-17,19-20H,8-13H2,1-3H3,(H,22,27)/t17-,19+,20+/m1/s1. The van der Waals surface area contributed by atoms with Crippen molar-refractivity contribution >= 4 is 11.9 Å². The fourth-order valence-corrected chi connectivity index (χ4v) is 5.22. The zero-order chi connectivity index (χ0) is 19.1. The van der Waals surface area contributed by atoms with Crippen LogP contribution in [0.1, 0.15) is 29.9 Å². The number of amides is 3. The van der Waals surface area contributed by atoms with Crippen molar-refractivity contribution in [1.82, 2.24) is 20.0 Å². The van der Waals surface area contributed by atoms with Gasteiger partial charge in [-0.05, 0) is 44.3 Å². The molecule has 0 unspecified atom stereocenters. The smallest absolute Gasteiger partial charge is 0.317 e.